The summed E-state index contributed by atoms with van der Waals surface area (Å²) in [5, 5.41) is 1.87. The molecule has 17 heavy (non-hydrogen) atoms. The number of nitrogens with zero attached hydrogens (tertiary/aromatic N) is 4. The summed E-state index contributed by atoms with van der Waals surface area (Å²) < 4.78 is 2.03. The predicted molar refractivity (Wildman–Crippen MR) is 69.5 cm³/mol. The van der Waals surface area contributed by atoms with Gasteiger partial charge in [-0.05, 0) is 19.1 Å². The highest BCUT2D eigenvalue weighted by molar-refractivity contribution is 8.00. The Bertz CT molecular complexity index is 524. The van der Waals surface area contributed by atoms with Gasteiger partial charge in [0.05, 0.1) is 6.61 Å². The van der Waals surface area contributed by atoms with Crippen LogP contribution >= 0.6 is 23.1 Å². The molecule has 0 N–H and O–H groups in total. The molecule has 1 aliphatic rings. The summed E-state index contributed by atoms with van der Waals surface area (Å²) in [5.41, 5.74) is 0.763. The molecule has 1 aliphatic heterocycles. The van der Waals surface area contributed by atoms with E-state index in [2.05, 4.69) is 15.0 Å². The van der Waals surface area contributed by atoms with E-state index < -0.39 is 0 Å². The Hall–Kier alpha value is -0.920. The molecule has 90 valence electrons. The van der Waals surface area contributed by atoms with Crippen molar-refractivity contribution in [3.63, 3.8) is 0 Å². The first-order valence-corrected chi connectivity index (χ1v) is 7.48. The number of rotatable bonds is 2. The zero-order chi connectivity index (χ0) is 11.7. The minimum absolute atomic E-state index is 0.763. The molecule has 0 aliphatic carbocycles. The Kier molecular flexibility index (Phi) is 3.13. The zero-order valence-corrected chi connectivity index (χ0v) is 11.1. The first-order chi connectivity index (χ1) is 8.38. The van der Waals surface area contributed by atoms with E-state index >= 15 is 0 Å². The van der Waals surface area contributed by atoms with Gasteiger partial charge in [-0.15, -0.1) is 11.3 Å². The molecule has 0 saturated carbocycles. The molecule has 3 heterocycles. The molecule has 0 atom stereocenters. The molecule has 0 radical (unpaired) electrons. The maximum absolute atomic E-state index is 5.63. The third kappa shape index (κ3) is 2.10. The normalized spacial score (nSPS) is 16.6. The number of thioether (sulfide) groups is 1. The van der Waals surface area contributed by atoms with Crippen molar-refractivity contribution in [2.24, 2.45) is 0 Å². The molecule has 2 aromatic heterocycles. The highest BCUT2D eigenvalue weighted by Crippen LogP contribution is 2.33. The summed E-state index contributed by atoms with van der Waals surface area (Å²) in [6, 6.07) is 0. The lowest BCUT2D eigenvalue weighted by Crippen LogP contribution is -2.30. The van der Waals surface area contributed by atoms with Gasteiger partial charge in [-0.1, -0.05) is 11.8 Å². The minimum Gasteiger partial charge on any atom is -0.272 e. The van der Waals surface area contributed by atoms with Crippen molar-refractivity contribution in [3.05, 3.63) is 6.33 Å². The van der Waals surface area contributed by atoms with E-state index in [0.29, 0.717) is 0 Å². The van der Waals surface area contributed by atoms with Crippen LogP contribution in [0.15, 0.2) is 10.7 Å². The maximum atomic E-state index is 5.63. The van der Waals surface area contributed by atoms with E-state index in [9.17, 15) is 0 Å². The van der Waals surface area contributed by atoms with Crippen LogP contribution in [0, 0.1) is 0 Å². The van der Waals surface area contributed by atoms with E-state index in [4.69, 9.17) is 4.84 Å². The van der Waals surface area contributed by atoms with Gasteiger partial charge in [0, 0.05) is 6.54 Å². The molecular weight excluding hydrogens is 256 g/mol. The average Bonchev–Trinajstić information content (AvgIpc) is 2.82. The molecule has 2 aromatic rings. The van der Waals surface area contributed by atoms with Gasteiger partial charge in [-0.2, -0.15) is 0 Å². The zero-order valence-electron chi connectivity index (χ0n) is 9.42. The maximum Gasteiger partial charge on any atom is 0.177 e. The van der Waals surface area contributed by atoms with Crippen LogP contribution in [0.3, 0.4) is 0 Å². The molecule has 0 aromatic carbocycles. The number of fused-ring (bicyclic) bond motifs is 1. The summed E-state index contributed by atoms with van der Waals surface area (Å²) in [7, 11) is 0. The molecule has 0 spiro atoms. The highest BCUT2D eigenvalue weighted by Gasteiger charge is 2.18. The van der Waals surface area contributed by atoms with Gasteiger partial charge in [0.2, 0.25) is 0 Å². The smallest absolute Gasteiger partial charge is 0.177 e. The molecule has 7 heteroatoms. The lowest BCUT2D eigenvalue weighted by Gasteiger charge is -2.26. The van der Waals surface area contributed by atoms with Crippen LogP contribution < -0.4 is 5.06 Å². The Morgan fingerprint density at radius 2 is 2.35 bits per heavy atom. The third-order valence-electron chi connectivity index (χ3n) is 2.57. The van der Waals surface area contributed by atoms with Gasteiger partial charge in [-0.3, -0.25) is 4.84 Å². The number of anilines is 1. The topological polar surface area (TPSA) is 51.1 Å². The van der Waals surface area contributed by atoms with E-state index in [0.717, 1.165) is 46.5 Å². The van der Waals surface area contributed by atoms with Crippen molar-refractivity contribution >= 4 is 39.3 Å². The van der Waals surface area contributed by atoms with Crippen LogP contribution in [0.5, 0.6) is 0 Å². The van der Waals surface area contributed by atoms with E-state index in [1.807, 2.05) is 11.3 Å². The fourth-order valence-electron chi connectivity index (χ4n) is 1.75. The van der Waals surface area contributed by atoms with Crippen molar-refractivity contribution < 1.29 is 4.84 Å². The van der Waals surface area contributed by atoms with Crippen molar-refractivity contribution in [1.82, 2.24) is 15.0 Å². The van der Waals surface area contributed by atoms with Crippen LogP contribution in [0.4, 0.5) is 5.82 Å². The van der Waals surface area contributed by atoms with Crippen LogP contribution in [0.2, 0.25) is 0 Å². The van der Waals surface area contributed by atoms with Crippen molar-refractivity contribution in [2.45, 2.75) is 17.2 Å². The average molecular weight is 268 g/mol. The molecule has 0 bridgehead atoms. The number of hydroxylamine groups is 1. The van der Waals surface area contributed by atoms with Crippen molar-refractivity contribution in [1.29, 1.82) is 0 Å². The monoisotopic (exact) mass is 268 g/mol. The summed E-state index contributed by atoms with van der Waals surface area (Å²) in [5.74, 6) is 0.854. The van der Waals surface area contributed by atoms with Gasteiger partial charge in [-0.25, -0.2) is 20.0 Å². The molecular formula is C10H12N4OS2. The summed E-state index contributed by atoms with van der Waals surface area (Å²) in [4.78, 5) is 18.6. The number of hydrogen-bond acceptors (Lipinski definition) is 7. The Morgan fingerprint density at radius 3 is 3.12 bits per heavy atom. The lowest BCUT2D eigenvalue weighted by atomic mass is 10.3. The van der Waals surface area contributed by atoms with Gasteiger partial charge < -0.3 is 0 Å². The summed E-state index contributed by atoms with van der Waals surface area (Å²) >= 11 is 3.25. The fraction of sp³-hybridized carbons (Fsp3) is 0.500. The quantitative estimate of drug-likeness (QED) is 0.779. The first-order valence-electron chi connectivity index (χ1n) is 5.44. The molecule has 5 nitrogen and oxygen atoms in total. The van der Waals surface area contributed by atoms with Gasteiger partial charge in [0.25, 0.3) is 0 Å². The molecule has 1 fully saturated rings. The second-order valence-corrected chi connectivity index (χ2v) is 5.73. The second kappa shape index (κ2) is 4.75. The van der Waals surface area contributed by atoms with Crippen LogP contribution in [0.1, 0.15) is 12.8 Å². The van der Waals surface area contributed by atoms with Crippen LogP contribution in [0.25, 0.3) is 10.3 Å². The summed E-state index contributed by atoms with van der Waals surface area (Å²) in [6.07, 6.45) is 5.82. The molecule has 0 unspecified atom stereocenters. The predicted octanol–water partition coefficient (Wildman–Crippen LogP) is 2.34. The Labute approximate surface area is 107 Å². The number of thiazole rings is 1. The van der Waals surface area contributed by atoms with Gasteiger partial charge in [0.15, 0.2) is 15.8 Å². The third-order valence-corrected chi connectivity index (χ3v) is 4.59. The van der Waals surface area contributed by atoms with Crippen molar-refractivity contribution in [2.75, 3.05) is 24.5 Å². The lowest BCUT2D eigenvalue weighted by molar-refractivity contribution is 0.0768. The van der Waals surface area contributed by atoms with E-state index in [1.54, 1.807) is 29.4 Å². The second-order valence-electron chi connectivity index (χ2n) is 3.68. The molecule has 3 rings (SSSR count). The number of hydrogen-bond donors (Lipinski definition) is 0. The fourth-order valence-corrected chi connectivity index (χ4v) is 3.26. The highest BCUT2D eigenvalue weighted by atomic mass is 32.2. The van der Waals surface area contributed by atoms with Gasteiger partial charge in [0.1, 0.15) is 11.0 Å². The standard InChI is InChI=1S/C10H12N4OS2/c1-16-10-13-8-7(17-10)9(12-6-11-8)14-4-2-3-5-15-14/h6H,2-5H2,1H3. The van der Waals surface area contributed by atoms with E-state index in [-0.39, 0.29) is 0 Å². The first kappa shape index (κ1) is 11.2. The van der Waals surface area contributed by atoms with Crippen LogP contribution in [-0.2, 0) is 4.84 Å². The number of aromatic nitrogens is 3. The van der Waals surface area contributed by atoms with Crippen molar-refractivity contribution in [3.8, 4) is 0 Å². The SMILES string of the molecule is CSc1nc2ncnc(N3CCCCO3)c2s1. The largest absolute Gasteiger partial charge is 0.272 e. The van der Waals surface area contributed by atoms with Crippen LogP contribution in [-0.4, -0.2) is 34.4 Å². The Morgan fingerprint density at radius 1 is 1.41 bits per heavy atom. The molecule has 0 amide bonds. The van der Waals surface area contributed by atoms with Gasteiger partial charge >= 0.3 is 0 Å². The Balaban J connectivity index is 2.05. The summed E-state index contributed by atoms with van der Waals surface area (Å²) in [6.45, 7) is 1.65. The van der Waals surface area contributed by atoms with E-state index in [1.165, 1.54) is 0 Å². The molecule has 1 saturated heterocycles. The minimum atomic E-state index is 0.763.